The Balaban J connectivity index is 1.50. The molecular weight excluding hydrogens is 331 g/mol. The number of piperidine rings is 2. The maximum absolute atomic E-state index is 13.3. The van der Waals surface area contributed by atoms with Crippen LogP contribution in [0.4, 0.5) is 4.39 Å². The first-order chi connectivity index (χ1) is 10.2. The molecule has 0 N–H and O–H groups in total. The Morgan fingerprint density at radius 2 is 1.76 bits per heavy atom. The third-order valence-corrected chi connectivity index (χ3v) is 5.46. The van der Waals surface area contributed by atoms with Crippen molar-refractivity contribution in [1.82, 2.24) is 9.80 Å². The summed E-state index contributed by atoms with van der Waals surface area (Å²) in [5, 5.41) is 0. The Bertz CT molecular complexity index is 466. The van der Waals surface area contributed by atoms with Gasteiger partial charge >= 0.3 is 0 Å². The van der Waals surface area contributed by atoms with Crippen molar-refractivity contribution < 1.29 is 4.39 Å². The van der Waals surface area contributed by atoms with Gasteiger partial charge in [-0.2, -0.15) is 0 Å². The van der Waals surface area contributed by atoms with Crippen LogP contribution in [0.1, 0.15) is 37.7 Å². The minimum atomic E-state index is -0.178. The maximum atomic E-state index is 13.3. The predicted molar refractivity (Wildman–Crippen MR) is 87.8 cm³/mol. The molecule has 21 heavy (non-hydrogen) atoms. The lowest BCUT2D eigenvalue weighted by Gasteiger charge is -2.40. The van der Waals surface area contributed by atoms with Gasteiger partial charge in [-0.3, -0.25) is 4.90 Å². The largest absolute Gasteiger partial charge is 0.300 e. The Morgan fingerprint density at radius 3 is 2.43 bits per heavy atom. The van der Waals surface area contributed by atoms with E-state index < -0.39 is 0 Å². The molecule has 0 atom stereocenters. The molecule has 0 radical (unpaired) electrons. The average molecular weight is 355 g/mol. The highest BCUT2D eigenvalue weighted by Crippen LogP contribution is 2.23. The predicted octanol–water partition coefficient (Wildman–Crippen LogP) is 4.04. The van der Waals surface area contributed by atoms with Gasteiger partial charge in [-0.05, 0) is 85.5 Å². The van der Waals surface area contributed by atoms with Gasteiger partial charge in [-0.1, -0.05) is 12.5 Å². The fourth-order valence-electron chi connectivity index (χ4n) is 3.62. The minimum Gasteiger partial charge on any atom is -0.300 e. The molecule has 2 aliphatic rings. The van der Waals surface area contributed by atoms with E-state index in [2.05, 4.69) is 25.7 Å². The third-order valence-electron chi connectivity index (χ3n) is 4.85. The number of hydrogen-bond donors (Lipinski definition) is 0. The fraction of sp³-hybridized carbons (Fsp3) is 0.647. The van der Waals surface area contributed by atoms with Crippen molar-refractivity contribution in [2.75, 3.05) is 26.2 Å². The second-order valence-corrected chi connectivity index (χ2v) is 7.21. The lowest BCUT2D eigenvalue weighted by atomic mass is 9.99. The van der Waals surface area contributed by atoms with E-state index in [0.29, 0.717) is 4.47 Å². The summed E-state index contributed by atoms with van der Waals surface area (Å²) in [5.41, 5.74) is 1.19. The molecule has 1 aromatic rings. The van der Waals surface area contributed by atoms with E-state index in [1.807, 2.05) is 12.1 Å². The van der Waals surface area contributed by atoms with Gasteiger partial charge in [0, 0.05) is 12.6 Å². The number of hydrogen-bond acceptors (Lipinski definition) is 2. The standard InChI is InChI=1S/C17H24BrFN2/c18-16-12-14(4-5-17(16)19)13-20-10-6-15(7-11-20)21-8-2-1-3-9-21/h4-5,12,15H,1-3,6-11,13H2. The Labute approximate surface area is 135 Å². The molecule has 0 unspecified atom stereocenters. The number of likely N-dealkylation sites (tertiary alicyclic amines) is 2. The van der Waals surface area contributed by atoms with Gasteiger partial charge in [0.25, 0.3) is 0 Å². The zero-order valence-electron chi connectivity index (χ0n) is 12.5. The summed E-state index contributed by atoms with van der Waals surface area (Å²) in [6.07, 6.45) is 6.73. The molecule has 2 heterocycles. The SMILES string of the molecule is Fc1ccc(CN2CCC(N3CCCCC3)CC2)cc1Br. The summed E-state index contributed by atoms with van der Waals surface area (Å²) >= 11 is 3.27. The third kappa shape index (κ3) is 4.05. The van der Waals surface area contributed by atoms with Gasteiger partial charge in [-0.15, -0.1) is 0 Å². The van der Waals surface area contributed by atoms with Crippen molar-refractivity contribution in [3.63, 3.8) is 0 Å². The molecule has 3 rings (SSSR count). The topological polar surface area (TPSA) is 6.48 Å². The highest BCUT2D eigenvalue weighted by Gasteiger charge is 2.25. The zero-order valence-corrected chi connectivity index (χ0v) is 14.1. The molecule has 0 aliphatic carbocycles. The summed E-state index contributed by atoms with van der Waals surface area (Å²) in [7, 11) is 0. The maximum Gasteiger partial charge on any atom is 0.137 e. The summed E-state index contributed by atoms with van der Waals surface area (Å²) < 4.78 is 13.8. The molecule has 2 aliphatic heterocycles. The monoisotopic (exact) mass is 354 g/mol. The summed E-state index contributed by atoms with van der Waals surface area (Å²) in [6, 6.07) is 6.16. The van der Waals surface area contributed by atoms with Crippen LogP contribution in [0.15, 0.2) is 22.7 Å². The van der Waals surface area contributed by atoms with E-state index >= 15 is 0 Å². The van der Waals surface area contributed by atoms with Crippen LogP contribution in [0.2, 0.25) is 0 Å². The molecule has 2 nitrogen and oxygen atoms in total. The van der Waals surface area contributed by atoms with E-state index in [1.165, 1.54) is 50.8 Å². The number of nitrogens with zero attached hydrogens (tertiary/aromatic N) is 2. The number of rotatable bonds is 3. The van der Waals surface area contributed by atoms with Crippen LogP contribution in [-0.2, 0) is 6.54 Å². The first-order valence-electron chi connectivity index (χ1n) is 8.13. The van der Waals surface area contributed by atoms with Crippen molar-refractivity contribution in [2.45, 2.75) is 44.7 Å². The van der Waals surface area contributed by atoms with Gasteiger partial charge in [0.05, 0.1) is 4.47 Å². The molecule has 116 valence electrons. The van der Waals surface area contributed by atoms with E-state index in [-0.39, 0.29) is 5.82 Å². The minimum absolute atomic E-state index is 0.178. The van der Waals surface area contributed by atoms with Gasteiger partial charge < -0.3 is 4.90 Å². The smallest absolute Gasteiger partial charge is 0.137 e. The molecule has 1 aromatic carbocycles. The van der Waals surface area contributed by atoms with Crippen LogP contribution in [0.5, 0.6) is 0 Å². The van der Waals surface area contributed by atoms with E-state index in [4.69, 9.17) is 0 Å². The van der Waals surface area contributed by atoms with E-state index in [9.17, 15) is 4.39 Å². The molecule has 0 aromatic heterocycles. The molecule has 0 bridgehead atoms. The second-order valence-electron chi connectivity index (χ2n) is 6.35. The summed E-state index contributed by atoms with van der Waals surface area (Å²) in [4.78, 5) is 5.20. The molecule has 4 heteroatoms. The first-order valence-corrected chi connectivity index (χ1v) is 8.92. The lowest BCUT2D eigenvalue weighted by molar-refractivity contribution is 0.0896. The van der Waals surface area contributed by atoms with Crippen molar-refractivity contribution in [3.05, 3.63) is 34.1 Å². The quantitative estimate of drug-likeness (QED) is 0.808. The van der Waals surface area contributed by atoms with Gasteiger partial charge in [0.15, 0.2) is 0 Å². The van der Waals surface area contributed by atoms with Crippen molar-refractivity contribution >= 4 is 15.9 Å². The highest BCUT2D eigenvalue weighted by atomic mass is 79.9. The van der Waals surface area contributed by atoms with Crippen molar-refractivity contribution in [1.29, 1.82) is 0 Å². The van der Waals surface area contributed by atoms with Gasteiger partial charge in [-0.25, -0.2) is 4.39 Å². The molecular formula is C17H24BrFN2. The van der Waals surface area contributed by atoms with E-state index in [0.717, 1.165) is 25.7 Å². The van der Waals surface area contributed by atoms with Crippen LogP contribution in [0.3, 0.4) is 0 Å². The first kappa shape index (κ1) is 15.4. The normalized spacial score (nSPS) is 22.6. The molecule has 0 amide bonds. The van der Waals surface area contributed by atoms with E-state index in [1.54, 1.807) is 6.07 Å². The van der Waals surface area contributed by atoms with Crippen LogP contribution in [0.25, 0.3) is 0 Å². The summed E-state index contributed by atoms with van der Waals surface area (Å²) in [5.74, 6) is -0.178. The Hall–Kier alpha value is -0.450. The van der Waals surface area contributed by atoms with Crippen LogP contribution in [-0.4, -0.2) is 42.0 Å². The number of halogens is 2. The summed E-state index contributed by atoms with van der Waals surface area (Å²) in [6.45, 7) is 5.86. The molecule has 2 saturated heterocycles. The zero-order chi connectivity index (χ0) is 14.7. The van der Waals surface area contributed by atoms with Crippen LogP contribution >= 0.6 is 15.9 Å². The molecule has 2 fully saturated rings. The molecule has 0 saturated carbocycles. The van der Waals surface area contributed by atoms with Crippen molar-refractivity contribution in [2.24, 2.45) is 0 Å². The molecule has 0 spiro atoms. The van der Waals surface area contributed by atoms with Crippen LogP contribution < -0.4 is 0 Å². The van der Waals surface area contributed by atoms with Gasteiger partial charge in [0.1, 0.15) is 5.82 Å². The fourth-order valence-corrected chi connectivity index (χ4v) is 4.05. The highest BCUT2D eigenvalue weighted by molar-refractivity contribution is 9.10. The second kappa shape index (κ2) is 7.21. The lowest BCUT2D eigenvalue weighted by Crippen LogP contribution is -2.46. The van der Waals surface area contributed by atoms with Gasteiger partial charge in [0.2, 0.25) is 0 Å². The number of benzene rings is 1. The van der Waals surface area contributed by atoms with Crippen molar-refractivity contribution in [3.8, 4) is 0 Å². The Kier molecular flexibility index (Phi) is 5.30. The van der Waals surface area contributed by atoms with Crippen LogP contribution in [0, 0.1) is 5.82 Å². The average Bonchev–Trinajstić information content (AvgIpc) is 2.53. The Morgan fingerprint density at radius 1 is 1.05 bits per heavy atom.